The second kappa shape index (κ2) is 4.29. The van der Waals surface area contributed by atoms with Crippen molar-refractivity contribution in [3.8, 4) is 0 Å². The van der Waals surface area contributed by atoms with Gasteiger partial charge >= 0.3 is 0 Å². The van der Waals surface area contributed by atoms with Crippen LogP contribution in [0.3, 0.4) is 0 Å². The average Bonchev–Trinajstić information content (AvgIpc) is 2.98. The molecule has 0 saturated heterocycles. The lowest BCUT2D eigenvalue weighted by Crippen LogP contribution is -2.22. The minimum atomic E-state index is 0.922. The summed E-state index contributed by atoms with van der Waals surface area (Å²) in [6.45, 7) is 1.84. The Morgan fingerprint density at radius 1 is 0.667 bits per heavy atom. The molecule has 94 valence electrons. The second-order valence-electron chi connectivity index (χ2n) is 4.85. The highest BCUT2D eigenvalue weighted by Gasteiger charge is 2.13. The Labute approximate surface area is 108 Å². The first kappa shape index (κ1) is 11.0. The van der Waals surface area contributed by atoms with E-state index in [1.165, 1.54) is 11.4 Å². The van der Waals surface area contributed by atoms with Crippen LogP contribution >= 0.6 is 0 Å². The second-order valence-corrected chi connectivity index (χ2v) is 4.85. The van der Waals surface area contributed by atoms with Crippen LogP contribution in [0.1, 0.15) is 0 Å². The molecule has 2 aliphatic heterocycles. The first-order valence-electron chi connectivity index (χ1n) is 6.13. The van der Waals surface area contributed by atoms with Gasteiger partial charge in [-0.15, -0.1) is 0 Å². The zero-order chi connectivity index (χ0) is 12.5. The minimum Gasteiger partial charge on any atom is -0.361 e. The quantitative estimate of drug-likeness (QED) is 0.787. The zero-order valence-electron chi connectivity index (χ0n) is 10.8. The Morgan fingerprint density at radius 2 is 1.06 bits per heavy atom. The molecule has 0 unspecified atom stereocenters. The van der Waals surface area contributed by atoms with Crippen molar-refractivity contribution < 1.29 is 0 Å². The number of nitrogens with zero attached hydrogens (tertiary/aromatic N) is 4. The molecule has 1 aromatic carbocycles. The summed E-state index contributed by atoms with van der Waals surface area (Å²) in [5.41, 5.74) is 2.46. The largest absolute Gasteiger partial charge is 0.361 e. The lowest BCUT2D eigenvalue weighted by Gasteiger charge is -2.21. The summed E-state index contributed by atoms with van der Waals surface area (Å²) in [4.78, 5) is 8.78. The van der Waals surface area contributed by atoms with Crippen LogP contribution in [0.25, 0.3) is 0 Å². The molecule has 0 aromatic heterocycles. The van der Waals surface area contributed by atoms with Crippen molar-refractivity contribution in [2.45, 2.75) is 0 Å². The third-order valence-corrected chi connectivity index (χ3v) is 3.27. The van der Waals surface area contributed by atoms with Gasteiger partial charge in [-0.1, -0.05) is 0 Å². The molecule has 1 aromatic rings. The van der Waals surface area contributed by atoms with Crippen LogP contribution in [0.15, 0.2) is 49.1 Å². The number of hydrogen-bond donors (Lipinski definition) is 0. The van der Waals surface area contributed by atoms with Crippen LogP contribution in [-0.2, 0) is 0 Å². The summed E-state index contributed by atoms with van der Waals surface area (Å²) in [6.07, 6.45) is 8.40. The predicted molar refractivity (Wildman–Crippen MR) is 74.9 cm³/mol. The lowest BCUT2D eigenvalue weighted by molar-refractivity contribution is 0.495. The molecule has 4 nitrogen and oxygen atoms in total. The molecule has 0 spiro atoms. The Balaban J connectivity index is 1.73. The van der Waals surface area contributed by atoms with Crippen LogP contribution in [0.5, 0.6) is 0 Å². The molecule has 0 N–H and O–H groups in total. The molecule has 0 amide bonds. The minimum absolute atomic E-state index is 0.922. The van der Waals surface area contributed by atoms with Gasteiger partial charge in [0.1, 0.15) is 0 Å². The maximum atomic E-state index is 2.23. The standard InChI is InChI=1S/C14H18N4/c1-15-7-9-17(11-15)13-3-5-14(6-4-13)18-10-8-16(2)12-18/h3-10H,11-12H2,1-2H3. The molecular weight excluding hydrogens is 224 g/mol. The van der Waals surface area contributed by atoms with E-state index in [2.05, 4.69) is 82.8 Å². The van der Waals surface area contributed by atoms with Gasteiger partial charge in [-0.05, 0) is 24.3 Å². The highest BCUT2D eigenvalue weighted by molar-refractivity contribution is 5.59. The van der Waals surface area contributed by atoms with Crippen LogP contribution in [0, 0.1) is 0 Å². The highest BCUT2D eigenvalue weighted by Crippen LogP contribution is 2.24. The third kappa shape index (κ3) is 2.01. The Bertz CT molecular complexity index is 432. The topological polar surface area (TPSA) is 13.0 Å². The summed E-state index contributed by atoms with van der Waals surface area (Å²) >= 11 is 0. The van der Waals surface area contributed by atoms with E-state index in [-0.39, 0.29) is 0 Å². The van der Waals surface area contributed by atoms with Crippen LogP contribution in [-0.4, -0.2) is 37.2 Å². The maximum Gasteiger partial charge on any atom is 0.0938 e. The molecule has 0 saturated carbocycles. The van der Waals surface area contributed by atoms with Gasteiger partial charge in [-0.25, -0.2) is 0 Å². The molecule has 2 aliphatic rings. The fraction of sp³-hybridized carbons (Fsp3) is 0.286. The van der Waals surface area contributed by atoms with Gasteiger partial charge in [0.15, 0.2) is 0 Å². The van der Waals surface area contributed by atoms with E-state index in [9.17, 15) is 0 Å². The number of anilines is 2. The van der Waals surface area contributed by atoms with Gasteiger partial charge in [-0.2, -0.15) is 0 Å². The van der Waals surface area contributed by atoms with Gasteiger partial charge in [0, 0.05) is 50.3 Å². The van der Waals surface area contributed by atoms with Gasteiger partial charge < -0.3 is 19.6 Å². The van der Waals surface area contributed by atoms with E-state index in [0.717, 1.165) is 13.3 Å². The van der Waals surface area contributed by atoms with E-state index < -0.39 is 0 Å². The van der Waals surface area contributed by atoms with Gasteiger partial charge in [0.25, 0.3) is 0 Å². The van der Waals surface area contributed by atoms with Crippen LogP contribution in [0.2, 0.25) is 0 Å². The SMILES string of the molecule is CN1C=CN(c2ccc(N3C=CN(C)C3)cc2)C1. The molecule has 0 fully saturated rings. The number of hydrogen-bond acceptors (Lipinski definition) is 4. The Morgan fingerprint density at radius 3 is 1.33 bits per heavy atom. The van der Waals surface area contributed by atoms with Crippen molar-refractivity contribution >= 4 is 11.4 Å². The summed E-state index contributed by atoms with van der Waals surface area (Å²) in [6, 6.07) is 8.69. The predicted octanol–water partition coefficient (Wildman–Crippen LogP) is 2.05. The number of benzene rings is 1. The monoisotopic (exact) mass is 242 g/mol. The summed E-state index contributed by atoms with van der Waals surface area (Å²) in [5.74, 6) is 0. The molecule has 0 aliphatic carbocycles. The first-order valence-corrected chi connectivity index (χ1v) is 6.13. The van der Waals surface area contributed by atoms with Crippen molar-refractivity contribution in [2.24, 2.45) is 0 Å². The molecule has 0 radical (unpaired) electrons. The third-order valence-electron chi connectivity index (χ3n) is 3.27. The molecule has 4 heteroatoms. The number of rotatable bonds is 2. The van der Waals surface area contributed by atoms with Gasteiger partial charge in [-0.3, -0.25) is 0 Å². The van der Waals surface area contributed by atoms with Crippen LogP contribution < -0.4 is 9.80 Å². The summed E-state index contributed by atoms with van der Waals surface area (Å²) in [5, 5.41) is 0. The smallest absolute Gasteiger partial charge is 0.0938 e. The van der Waals surface area contributed by atoms with E-state index in [1.807, 2.05) is 0 Å². The van der Waals surface area contributed by atoms with Gasteiger partial charge in [0.2, 0.25) is 0 Å². The normalized spacial score (nSPS) is 18.3. The maximum absolute atomic E-state index is 2.23. The summed E-state index contributed by atoms with van der Waals surface area (Å²) in [7, 11) is 4.16. The summed E-state index contributed by atoms with van der Waals surface area (Å²) < 4.78 is 0. The fourth-order valence-corrected chi connectivity index (χ4v) is 2.23. The zero-order valence-corrected chi connectivity index (χ0v) is 10.8. The average molecular weight is 242 g/mol. The molecular formula is C14H18N4. The lowest BCUT2D eigenvalue weighted by atomic mass is 10.2. The van der Waals surface area contributed by atoms with Crippen molar-refractivity contribution in [3.63, 3.8) is 0 Å². The van der Waals surface area contributed by atoms with Crippen molar-refractivity contribution in [1.29, 1.82) is 0 Å². The molecule has 2 heterocycles. The molecule has 0 bridgehead atoms. The van der Waals surface area contributed by atoms with E-state index in [1.54, 1.807) is 0 Å². The van der Waals surface area contributed by atoms with E-state index in [4.69, 9.17) is 0 Å². The first-order chi connectivity index (χ1) is 8.72. The molecule has 18 heavy (non-hydrogen) atoms. The van der Waals surface area contributed by atoms with Crippen molar-refractivity contribution in [3.05, 3.63) is 49.1 Å². The Hall–Kier alpha value is -2.10. The molecule has 3 rings (SSSR count). The van der Waals surface area contributed by atoms with E-state index >= 15 is 0 Å². The Kier molecular flexibility index (Phi) is 2.63. The highest BCUT2D eigenvalue weighted by atomic mass is 15.3. The van der Waals surface area contributed by atoms with E-state index in [0.29, 0.717) is 0 Å². The van der Waals surface area contributed by atoms with Crippen molar-refractivity contribution in [2.75, 3.05) is 37.2 Å². The van der Waals surface area contributed by atoms with Crippen molar-refractivity contribution in [1.82, 2.24) is 9.80 Å². The fourth-order valence-electron chi connectivity index (χ4n) is 2.23. The van der Waals surface area contributed by atoms with Crippen LogP contribution in [0.4, 0.5) is 11.4 Å². The van der Waals surface area contributed by atoms with Gasteiger partial charge in [0.05, 0.1) is 13.3 Å². The molecule has 0 atom stereocenters.